The Morgan fingerprint density at radius 2 is 2.03 bits per heavy atom. The summed E-state index contributed by atoms with van der Waals surface area (Å²) in [5.74, 6) is 0.0786. The average Bonchev–Trinajstić information content (AvgIpc) is 3.62. The number of aryl methyl sites for hydroxylation is 1. The molecule has 0 atom stereocenters. The normalized spacial score (nSPS) is 11.6. The summed E-state index contributed by atoms with van der Waals surface area (Å²) in [6, 6.07) is 9.99. The van der Waals surface area contributed by atoms with Crippen LogP contribution in [-0.4, -0.2) is 36.3 Å². The monoisotopic (exact) mass is 483 g/mol. The quantitative estimate of drug-likeness (QED) is 0.324. The second kappa shape index (κ2) is 8.68. The van der Waals surface area contributed by atoms with Crippen molar-refractivity contribution < 1.29 is 4.39 Å². The van der Waals surface area contributed by atoms with Crippen LogP contribution in [-0.2, 0) is 13.6 Å². The first kappa shape index (κ1) is 21.6. The smallest absolute Gasteiger partial charge is 0.161 e. The fraction of sp³-hybridized carbons (Fsp3) is 0.154. The number of aromatic amines is 1. The number of hydrogen-bond acceptors (Lipinski definition) is 6. The molecule has 0 unspecified atom stereocenters. The van der Waals surface area contributed by atoms with E-state index in [9.17, 15) is 0 Å². The maximum Gasteiger partial charge on any atom is 0.161 e. The van der Waals surface area contributed by atoms with E-state index in [1.807, 2.05) is 36.6 Å². The van der Waals surface area contributed by atoms with E-state index in [-0.39, 0.29) is 5.69 Å². The zero-order valence-electron chi connectivity index (χ0n) is 19.2. The fourth-order valence-corrected chi connectivity index (χ4v) is 5.00. The molecule has 0 bridgehead atoms. The lowest BCUT2D eigenvalue weighted by Gasteiger charge is -2.07. The lowest BCUT2D eigenvalue weighted by molar-refractivity contribution is 0.638. The first-order chi connectivity index (χ1) is 17.1. The van der Waals surface area contributed by atoms with Crippen molar-refractivity contribution in [2.45, 2.75) is 13.5 Å². The van der Waals surface area contributed by atoms with E-state index in [1.54, 1.807) is 41.7 Å². The van der Waals surface area contributed by atoms with Gasteiger partial charge in [0.05, 0.1) is 28.1 Å². The van der Waals surface area contributed by atoms with Gasteiger partial charge in [-0.1, -0.05) is 19.1 Å². The Morgan fingerprint density at radius 3 is 2.86 bits per heavy atom. The molecule has 174 valence electrons. The molecular formula is C26H22FN7S. The van der Waals surface area contributed by atoms with Crippen molar-refractivity contribution in [1.82, 2.24) is 35.0 Å². The third-order valence-corrected chi connectivity index (χ3v) is 6.73. The van der Waals surface area contributed by atoms with Gasteiger partial charge in [-0.25, -0.2) is 9.37 Å². The SMILES string of the molecule is CCNCc1cncc(-c2ncc3c(c(-c4nc5c(-c6ccsc6)cccc5[nH]4)nn3C)c2F)c1. The number of nitrogens with one attached hydrogen (secondary N) is 2. The first-order valence-electron chi connectivity index (χ1n) is 11.3. The number of H-pyrrole nitrogens is 1. The minimum atomic E-state index is -0.438. The number of para-hydroxylation sites is 1. The Hall–Kier alpha value is -3.95. The van der Waals surface area contributed by atoms with Gasteiger partial charge in [0.25, 0.3) is 0 Å². The summed E-state index contributed by atoms with van der Waals surface area (Å²) in [5.41, 5.74) is 6.71. The second-order valence-corrected chi connectivity index (χ2v) is 9.09. The number of hydrogen-bond donors (Lipinski definition) is 2. The number of halogens is 1. The second-order valence-electron chi connectivity index (χ2n) is 8.31. The Kier molecular flexibility index (Phi) is 5.35. The molecule has 0 fully saturated rings. The highest BCUT2D eigenvalue weighted by Crippen LogP contribution is 2.35. The molecule has 35 heavy (non-hydrogen) atoms. The van der Waals surface area contributed by atoms with Gasteiger partial charge in [0.15, 0.2) is 11.6 Å². The Morgan fingerprint density at radius 1 is 1.11 bits per heavy atom. The lowest BCUT2D eigenvalue weighted by atomic mass is 10.1. The average molecular weight is 484 g/mol. The summed E-state index contributed by atoms with van der Waals surface area (Å²) < 4.78 is 17.7. The molecule has 5 aromatic heterocycles. The molecule has 0 amide bonds. The van der Waals surface area contributed by atoms with E-state index in [0.29, 0.717) is 34.5 Å². The molecule has 9 heteroatoms. The molecule has 0 aliphatic rings. The molecule has 6 aromatic rings. The van der Waals surface area contributed by atoms with E-state index in [0.717, 1.165) is 34.3 Å². The van der Waals surface area contributed by atoms with Crippen molar-refractivity contribution in [2.24, 2.45) is 7.05 Å². The zero-order chi connectivity index (χ0) is 23.9. The molecule has 7 nitrogen and oxygen atoms in total. The van der Waals surface area contributed by atoms with Crippen LogP contribution < -0.4 is 5.32 Å². The summed E-state index contributed by atoms with van der Waals surface area (Å²) >= 11 is 1.64. The van der Waals surface area contributed by atoms with Crippen LogP contribution in [0, 0.1) is 5.82 Å². The van der Waals surface area contributed by atoms with E-state index in [4.69, 9.17) is 4.98 Å². The molecule has 0 spiro atoms. The highest BCUT2D eigenvalue weighted by Gasteiger charge is 2.22. The number of nitrogens with zero attached hydrogens (tertiary/aromatic N) is 5. The predicted octanol–water partition coefficient (Wildman–Crippen LogP) is 5.55. The van der Waals surface area contributed by atoms with E-state index >= 15 is 4.39 Å². The summed E-state index contributed by atoms with van der Waals surface area (Å²) in [5, 5.41) is 12.4. The van der Waals surface area contributed by atoms with Crippen LogP contribution in [0.5, 0.6) is 0 Å². The highest BCUT2D eigenvalue weighted by molar-refractivity contribution is 7.08. The van der Waals surface area contributed by atoms with E-state index in [2.05, 4.69) is 36.8 Å². The largest absolute Gasteiger partial charge is 0.337 e. The molecule has 0 aliphatic heterocycles. The van der Waals surface area contributed by atoms with E-state index < -0.39 is 5.82 Å². The Balaban J connectivity index is 1.51. The van der Waals surface area contributed by atoms with Gasteiger partial charge < -0.3 is 10.3 Å². The third-order valence-electron chi connectivity index (χ3n) is 6.05. The summed E-state index contributed by atoms with van der Waals surface area (Å²) in [7, 11) is 1.78. The summed E-state index contributed by atoms with van der Waals surface area (Å²) in [4.78, 5) is 16.9. The van der Waals surface area contributed by atoms with Crippen LogP contribution in [0.4, 0.5) is 4.39 Å². The molecule has 0 aliphatic carbocycles. The zero-order valence-corrected chi connectivity index (χ0v) is 20.0. The molecule has 5 heterocycles. The van der Waals surface area contributed by atoms with Crippen molar-refractivity contribution in [1.29, 1.82) is 0 Å². The lowest BCUT2D eigenvalue weighted by Crippen LogP contribution is -2.11. The van der Waals surface area contributed by atoms with Gasteiger partial charge in [0.1, 0.15) is 11.4 Å². The Labute approximate surface area is 204 Å². The van der Waals surface area contributed by atoms with Crippen molar-refractivity contribution in [3.63, 3.8) is 0 Å². The van der Waals surface area contributed by atoms with Gasteiger partial charge in [-0.2, -0.15) is 16.4 Å². The summed E-state index contributed by atoms with van der Waals surface area (Å²) in [6.45, 7) is 3.54. The summed E-state index contributed by atoms with van der Waals surface area (Å²) in [6.07, 6.45) is 5.06. The molecule has 0 saturated carbocycles. The number of aromatic nitrogens is 6. The van der Waals surface area contributed by atoms with Gasteiger partial charge in [-0.3, -0.25) is 14.6 Å². The molecule has 2 N–H and O–H groups in total. The maximum absolute atomic E-state index is 16.1. The number of thiophene rings is 1. The van der Waals surface area contributed by atoms with Crippen LogP contribution in [0.2, 0.25) is 0 Å². The molecule has 0 saturated heterocycles. The number of rotatable bonds is 6. The van der Waals surface area contributed by atoms with Gasteiger partial charge in [-0.15, -0.1) is 0 Å². The molecule has 6 rings (SSSR count). The van der Waals surface area contributed by atoms with E-state index in [1.165, 1.54) is 0 Å². The van der Waals surface area contributed by atoms with Crippen LogP contribution >= 0.6 is 11.3 Å². The van der Waals surface area contributed by atoms with Crippen molar-refractivity contribution in [2.75, 3.05) is 6.54 Å². The number of fused-ring (bicyclic) bond motifs is 2. The van der Waals surface area contributed by atoms with Crippen LogP contribution in [0.25, 0.3) is 55.8 Å². The number of pyridine rings is 2. The molecular weight excluding hydrogens is 461 g/mol. The Bertz CT molecular complexity index is 1670. The minimum Gasteiger partial charge on any atom is -0.337 e. The maximum atomic E-state index is 16.1. The van der Waals surface area contributed by atoms with Crippen molar-refractivity contribution in [3.8, 4) is 33.9 Å². The van der Waals surface area contributed by atoms with Crippen LogP contribution in [0.3, 0.4) is 0 Å². The standard InChI is InChI=1S/C26H22FN7S/c1-3-28-10-15-9-17(12-29-11-15)23-22(27)21-20(13-30-23)34(2)33-25(21)26-31-19-6-4-5-18(24(19)32-26)16-7-8-35-14-16/h4-9,11-14,28H,3,10H2,1-2H3,(H,31,32). The minimum absolute atomic E-state index is 0.243. The third kappa shape index (κ3) is 3.69. The predicted molar refractivity (Wildman–Crippen MR) is 137 cm³/mol. The molecule has 1 aromatic carbocycles. The van der Waals surface area contributed by atoms with Crippen molar-refractivity contribution in [3.05, 3.63) is 71.1 Å². The number of benzene rings is 1. The van der Waals surface area contributed by atoms with Crippen LogP contribution in [0.15, 0.2) is 59.7 Å². The fourth-order valence-electron chi connectivity index (χ4n) is 4.35. The van der Waals surface area contributed by atoms with Gasteiger partial charge >= 0.3 is 0 Å². The molecule has 0 radical (unpaired) electrons. The topological polar surface area (TPSA) is 84.3 Å². The van der Waals surface area contributed by atoms with Crippen LogP contribution in [0.1, 0.15) is 12.5 Å². The highest BCUT2D eigenvalue weighted by atomic mass is 32.1. The first-order valence-corrected chi connectivity index (χ1v) is 12.3. The van der Waals surface area contributed by atoms with Crippen molar-refractivity contribution >= 4 is 33.3 Å². The van der Waals surface area contributed by atoms with Gasteiger partial charge in [0.2, 0.25) is 0 Å². The van der Waals surface area contributed by atoms with Gasteiger partial charge in [-0.05, 0) is 46.6 Å². The van der Waals surface area contributed by atoms with Gasteiger partial charge in [0, 0.05) is 37.1 Å². The number of imidazole rings is 1.